The van der Waals surface area contributed by atoms with Crippen molar-refractivity contribution in [2.24, 2.45) is 5.92 Å². The Balaban J connectivity index is 2.25. The molecule has 1 aromatic rings. The van der Waals surface area contributed by atoms with Gasteiger partial charge in [0, 0.05) is 17.5 Å². The summed E-state index contributed by atoms with van der Waals surface area (Å²) in [5, 5.41) is 13.7. The lowest BCUT2D eigenvalue weighted by Crippen LogP contribution is -2.51. The summed E-state index contributed by atoms with van der Waals surface area (Å²) >= 11 is 0. The monoisotopic (exact) mass is 288 g/mol. The van der Waals surface area contributed by atoms with Crippen molar-refractivity contribution in [3.05, 3.63) is 34.9 Å². The maximum atomic E-state index is 12.3. The van der Waals surface area contributed by atoms with Gasteiger partial charge in [-0.15, -0.1) is 0 Å². The first kappa shape index (κ1) is 15.2. The lowest BCUT2D eigenvalue weighted by atomic mass is 9.97. The van der Waals surface area contributed by atoms with Crippen molar-refractivity contribution in [2.45, 2.75) is 39.2 Å². The second kappa shape index (κ2) is 6.08. The van der Waals surface area contributed by atoms with E-state index in [9.17, 15) is 19.5 Å². The van der Waals surface area contributed by atoms with Crippen LogP contribution in [-0.2, 0) is 11.2 Å². The first-order valence-corrected chi connectivity index (χ1v) is 7.12. The number of aliphatic carboxylic acids is 1. The molecular formula is C16H18NO4-. The summed E-state index contributed by atoms with van der Waals surface area (Å²) in [6.45, 7) is 3.60. The minimum atomic E-state index is -1.29. The summed E-state index contributed by atoms with van der Waals surface area (Å²) in [7, 11) is 0. The molecule has 112 valence electrons. The lowest BCUT2D eigenvalue weighted by Gasteiger charge is -2.25. The molecule has 0 radical (unpaired) electrons. The molecule has 0 unspecified atom stereocenters. The van der Waals surface area contributed by atoms with Gasteiger partial charge in [-0.25, -0.2) is 0 Å². The molecule has 5 heteroatoms. The fourth-order valence-corrected chi connectivity index (χ4v) is 2.59. The number of hydrogen-bond donors (Lipinski definition) is 1. The van der Waals surface area contributed by atoms with Crippen molar-refractivity contribution in [1.29, 1.82) is 0 Å². The molecule has 0 aromatic heterocycles. The molecule has 0 saturated heterocycles. The van der Waals surface area contributed by atoms with E-state index >= 15 is 0 Å². The van der Waals surface area contributed by atoms with Gasteiger partial charge in [0.1, 0.15) is 0 Å². The van der Waals surface area contributed by atoms with Crippen molar-refractivity contribution in [2.75, 3.05) is 0 Å². The Labute approximate surface area is 123 Å². The van der Waals surface area contributed by atoms with Crippen molar-refractivity contribution in [3.63, 3.8) is 0 Å². The predicted molar refractivity (Wildman–Crippen MR) is 74.8 cm³/mol. The van der Waals surface area contributed by atoms with Crippen LogP contribution in [0.1, 0.15) is 53.0 Å². The Hall–Kier alpha value is -2.17. The summed E-state index contributed by atoms with van der Waals surface area (Å²) in [5.74, 6) is -1.95. The number of Topliss-reactive ketones (excluding diaryl/α,β-unsaturated/α-hetero) is 1. The summed E-state index contributed by atoms with van der Waals surface area (Å²) in [6, 6.07) is 3.94. The largest absolute Gasteiger partial charge is 0.548 e. The number of carboxylic acids is 1. The second-order valence-electron chi connectivity index (χ2n) is 5.41. The zero-order chi connectivity index (χ0) is 15.6. The summed E-state index contributed by atoms with van der Waals surface area (Å²) in [6.07, 6.45) is 1.54. The smallest absolute Gasteiger partial charge is 0.252 e. The van der Waals surface area contributed by atoms with Gasteiger partial charge in [0.05, 0.1) is 12.0 Å². The van der Waals surface area contributed by atoms with Gasteiger partial charge in [-0.1, -0.05) is 32.4 Å². The van der Waals surface area contributed by atoms with Crippen LogP contribution in [0.5, 0.6) is 0 Å². The van der Waals surface area contributed by atoms with Gasteiger partial charge in [-0.3, -0.25) is 9.59 Å². The minimum Gasteiger partial charge on any atom is -0.548 e. The standard InChI is InChI=1S/C16H19NO4/c1-3-9(2)14(16(20)21)17-15(19)12-6-4-5-11-10(12)7-8-13(11)18/h4-6,9,14H,3,7-8H2,1-2H3,(H,17,19)(H,20,21)/p-1/t9-,14-/m0/s1. The number of carbonyl (C=O) groups excluding carboxylic acids is 3. The third kappa shape index (κ3) is 2.96. The van der Waals surface area contributed by atoms with E-state index in [-0.39, 0.29) is 11.7 Å². The molecule has 5 nitrogen and oxygen atoms in total. The minimum absolute atomic E-state index is 0.0260. The third-order valence-corrected chi connectivity index (χ3v) is 4.08. The van der Waals surface area contributed by atoms with E-state index in [1.54, 1.807) is 25.1 Å². The quantitative estimate of drug-likeness (QED) is 0.864. The van der Waals surface area contributed by atoms with Gasteiger partial charge < -0.3 is 15.2 Å². The van der Waals surface area contributed by atoms with Gasteiger partial charge in [-0.2, -0.15) is 0 Å². The van der Waals surface area contributed by atoms with Gasteiger partial charge in [-0.05, 0) is 24.0 Å². The highest BCUT2D eigenvalue weighted by Crippen LogP contribution is 2.25. The van der Waals surface area contributed by atoms with Gasteiger partial charge in [0.25, 0.3) is 5.91 Å². The first-order valence-electron chi connectivity index (χ1n) is 7.12. The lowest BCUT2D eigenvalue weighted by molar-refractivity contribution is -0.309. The van der Waals surface area contributed by atoms with Gasteiger partial charge >= 0.3 is 0 Å². The molecule has 1 aliphatic rings. The van der Waals surface area contributed by atoms with Crippen molar-refractivity contribution >= 4 is 17.7 Å². The Bertz CT molecular complexity index is 594. The molecule has 0 saturated carbocycles. The summed E-state index contributed by atoms with van der Waals surface area (Å²) in [5.41, 5.74) is 1.66. The molecule has 1 N–H and O–H groups in total. The zero-order valence-corrected chi connectivity index (χ0v) is 12.1. The fourth-order valence-electron chi connectivity index (χ4n) is 2.59. The zero-order valence-electron chi connectivity index (χ0n) is 12.1. The van der Waals surface area contributed by atoms with Crippen LogP contribution in [0.15, 0.2) is 18.2 Å². The highest BCUT2D eigenvalue weighted by atomic mass is 16.4. The van der Waals surface area contributed by atoms with E-state index in [0.29, 0.717) is 36.0 Å². The van der Waals surface area contributed by atoms with Crippen molar-refractivity contribution < 1.29 is 19.5 Å². The molecule has 21 heavy (non-hydrogen) atoms. The van der Waals surface area contributed by atoms with Crippen molar-refractivity contribution in [3.8, 4) is 0 Å². The van der Waals surface area contributed by atoms with Crippen LogP contribution in [0.2, 0.25) is 0 Å². The molecular weight excluding hydrogens is 270 g/mol. The van der Waals surface area contributed by atoms with Crippen LogP contribution in [0.25, 0.3) is 0 Å². The van der Waals surface area contributed by atoms with Crippen LogP contribution in [0.3, 0.4) is 0 Å². The fraction of sp³-hybridized carbons (Fsp3) is 0.438. The SMILES string of the molecule is CC[C@H](C)[C@H](NC(=O)c1cccc2c1CCC2=O)C(=O)[O-]. The van der Waals surface area contributed by atoms with Crippen LogP contribution >= 0.6 is 0 Å². The molecule has 1 aliphatic carbocycles. The molecule has 2 rings (SSSR count). The average molecular weight is 288 g/mol. The molecule has 0 aliphatic heterocycles. The molecule has 2 atom stereocenters. The molecule has 1 aromatic carbocycles. The number of fused-ring (bicyclic) bond motifs is 1. The van der Waals surface area contributed by atoms with Crippen LogP contribution in [-0.4, -0.2) is 23.7 Å². The maximum Gasteiger partial charge on any atom is 0.252 e. The van der Waals surface area contributed by atoms with Crippen LogP contribution < -0.4 is 10.4 Å². The number of benzene rings is 1. The number of ketones is 1. The van der Waals surface area contributed by atoms with E-state index in [0.717, 1.165) is 0 Å². The van der Waals surface area contributed by atoms with E-state index in [2.05, 4.69) is 5.32 Å². The normalized spacial score (nSPS) is 16.2. The van der Waals surface area contributed by atoms with Crippen LogP contribution in [0.4, 0.5) is 0 Å². The summed E-state index contributed by atoms with van der Waals surface area (Å²) in [4.78, 5) is 35.2. The number of carboxylic acid groups (broad SMARTS) is 1. The van der Waals surface area contributed by atoms with Crippen LogP contribution in [0, 0.1) is 5.92 Å². The highest BCUT2D eigenvalue weighted by Gasteiger charge is 2.26. The first-order chi connectivity index (χ1) is 9.95. The number of nitrogens with one attached hydrogen (secondary N) is 1. The molecule has 0 bridgehead atoms. The maximum absolute atomic E-state index is 12.3. The molecule has 0 spiro atoms. The van der Waals surface area contributed by atoms with E-state index in [1.165, 1.54) is 0 Å². The Morgan fingerprint density at radius 3 is 2.67 bits per heavy atom. The summed E-state index contributed by atoms with van der Waals surface area (Å²) < 4.78 is 0. The van der Waals surface area contributed by atoms with Gasteiger partial charge in [0.2, 0.25) is 0 Å². The number of carbonyl (C=O) groups is 3. The number of amides is 1. The Kier molecular flexibility index (Phi) is 4.40. The second-order valence-corrected chi connectivity index (χ2v) is 5.41. The molecule has 1 amide bonds. The van der Waals surface area contributed by atoms with E-state index < -0.39 is 17.9 Å². The Morgan fingerprint density at radius 2 is 2.05 bits per heavy atom. The molecule has 0 heterocycles. The van der Waals surface area contributed by atoms with Crippen molar-refractivity contribution in [1.82, 2.24) is 5.32 Å². The third-order valence-electron chi connectivity index (χ3n) is 4.08. The van der Waals surface area contributed by atoms with E-state index in [1.807, 2.05) is 6.92 Å². The number of hydrogen-bond acceptors (Lipinski definition) is 4. The Morgan fingerprint density at radius 1 is 1.33 bits per heavy atom. The average Bonchev–Trinajstić information content (AvgIpc) is 2.85. The highest BCUT2D eigenvalue weighted by molar-refractivity contribution is 6.06. The van der Waals surface area contributed by atoms with Gasteiger partial charge in [0.15, 0.2) is 5.78 Å². The topological polar surface area (TPSA) is 86.3 Å². The predicted octanol–water partition coefficient (Wildman–Crippen LogP) is 0.710. The molecule has 0 fully saturated rings. The number of rotatable bonds is 5. The van der Waals surface area contributed by atoms with E-state index in [4.69, 9.17) is 0 Å².